The minimum absolute atomic E-state index is 0.155. The second kappa shape index (κ2) is 18.2. The molecule has 0 fully saturated rings. The fourth-order valence-electron chi connectivity index (χ4n) is 5.21. The van der Waals surface area contributed by atoms with Gasteiger partial charge in [0.2, 0.25) is 0 Å². The number of hydrogen-bond donors (Lipinski definition) is 3. The van der Waals surface area contributed by atoms with Crippen LogP contribution in [-0.2, 0) is 15.2 Å². The van der Waals surface area contributed by atoms with E-state index in [1.807, 2.05) is 84.9 Å². The molecule has 0 bridgehead atoms. The molecule has 0 aliphatic heterocycles. The number of hydrazine groups is 1. The number of methoxy groups -OCH3 is 2. The van der Waals surface area contributed by atoms with E-state index in [0.29, 0.717) is 6.54 Å². The number of hydroxylamine groups is 1. The summed E-state index contributed by atoms with van der Waals surface area (Å²) < 4.78 is 11.2. The lowest BCUT2D eigenvalue weighted by atomic mass is 9.80. The molecule has 3 aromatic rings. The van der Waals surface area contributed by atoms with E-state index in [1.54, 1.807) is 14.2 Å². The lowest BCUT2D eigenvalue weighted by Gasteiger charge is -2.39. The van der Waals surface area contributed by atoms with Crippen LogP contribution in [0.1, 0.15) is 81.4 Å². The van der Waals surface area contributed by atoms with Crippen LogP contribution in [0.3, 0.4) is 0 Å². The van der Waals surface area contributed by atoms with Gasteiger partial charge in [-0.05, 0) is 48.1 Å². The Labute approximate surface area is 247 Å². The van der Waals surface area contributed by atoms with E-state index >= 15 is 0 Å². The number of nitrogens with one attached hydrogen (secondary N) is 1. The highest BCUT2D eigenvalue weighted by atomic mass is 31.2. The van der Waals surface area contributed by atoms with Gasteiger partial charge in [0, 0.05) is 13.7 Å². The summed E-state index contributed by atoms with van der Waals surface area (Å²) in [5.41, 5.74) is 1.61. The van der Waals surface area contributed by atoms with Crippen molar-refractivity contribution in [3.05, 3.63) is 102 Å². The van der Waals surface area contributed by atoms with Crippen molar-refractivity contribution in [2.45, 2.75) is 76.4 Å². The number of rotatable bonds is 20. The fraction of sp³-hybridized carbons (Fsp3) is 0.455. The normalized spacial score (nSPS) is 12.7. The molecule has 0 aromatic heterocycles. The highest BCUT2D eigenvalue weighted by Crippen LogP contribution is 2.42. The van der Waals surface area contributed by atoms with E-state index in [-0.39, 0.29) is 6.10 Å². The number of unbranched alkanes of at least 4 members (excludes halogenated alkanes) is 5. The Bertz CT molecular complexity index is 1050. The van der Waals surface area contributed by atoms with Crippen molar-refractivity contribution >= 4 is 8.53 Å². The van der Waals surface area contributed by atoms with Crippen LogP contribution in [0.25, 0.3) is 0 Å². The summed E-state index contributed by atoms with van der Waals surface area (Å²) in [6, 6.07) is 27.8. The Morgan fingerprint density at radius 3 is 1.80 bits per heavy atom. The molecule has 3 N–H and O–H groups in total. The molecule has 0 saturated heterocycles. The van der Waals surface area contributed by atoms with E-state index in [2.05, 4.69) is 12.1 Å². The van der Waals surface area contributed by atoms with Crippen LogP contribution >= 0.6 is 8.53 Å². The van der Waals surface area contributed by atoms with E-state index in [9.17, 15) is 9.79 Å². The summed E-state index contributed by atoms with van der Waals surface area (Å²) in [5.74, 6) is 0.740. The molecule has 7 nitrogen and oxygen atoms in total. The molecule has 0 amide bonds. The first-order chi connectivity index (χ1) is 20.0. The van der Waals surface area contributed by atoms with E-state index < -0.39 is 14.1 Å². The van der Waals surface area contributed by atoms with Crippen molar-refractivity contribution in [1.82, 2.24) is 10.4 Å². The van der Waals surface area contributed by atoms with Gasteiger partial charge in [-0.15, -0.1) is 5.17 Å². The first-order valence-electron chi connectivity index (χ1n) is 14.7. The second-order valence-corrected chi connectivity index (χ2v) is 11.1. The third-order valence-corrected chi connectivity index (χ3v) is 7.81. The monoisotopic (exact) mass is 582 g/mol. The molecule has 41 heavy (non-hydrogen) atoms. The van der Waals surface area contributed by atoms with Crippen molar-refractivity contribution in [1.29, 1.82) is 0 Å². The second-order valence-electron chi connectivity index (χ2n) is 10.3. The summed E-state index contributed by atoms with van der Waals surface area (Å²) in [6.07, 6.45) is 10.3. The summed E-state index contributed by atoms with van der Waals surface area (Å²) in [7, 11) is 0.954. The Balaban J connectivity index is 1.85. The quantitative estimate of drug-likeness (QED) is 0.0551. The average Bonchev–Trinajstić information content (AvgIpc) is 3.01. The molecule has 0 saturated carbocycles. The van der Waals surface area contributed by atoms with Gasteiger partial charge in [0.25, 0.3) is 8.53 Å². The molecule has 1 atom stereocenters. The molecule has 8 heteroatoms. The van der Waals surface area contributed by atoms with Gasteiger partial charge < -0.3 is 19.3 Å². The highest BCUT2D eigenvalue weighted by molar-refractivity contribution is 7.42. The maximum absolute atomic E-state index is 10.0. The predicted octanol–water partition coefficient (Wildman–Crippen LogP) is 7.48. The SMILES string of the molecule is CCCCCCCCC(CCCN(NP(O)O)OC(c1ccccc1)(c1ccccc1)c1ccc(OC)cc1)OC. The fourth-order valence-corrected chi connectivity index (χ4v) is 5.55. The molecular weight excluding hydrogens is 535 g/mol. The molecule has 1 unspecified atom stereocenters. The number of benzene rings is 3. The lowest BCUT2D eigenvalue weighted by Crippen LogP contribution is -2.45. The Morgan fingerprint density at radius 1 is 0.732 bits per heavy atom. The van der Waals surface area contributed by atoms with E-state index in [1.165, 1.54) is 37.3 Å². The third kappa shape index (κ3) is 10.2. The molecule has 3 rings (SSSR count). The molecule has 0 aliphatic rings. The maximum Gasteiger partial charge on any atom is 0.266 e. The first-order valence-corrected chi connectivity index (χ1v) is 16.0. The molecule has 0 radical (unpaired) electrons. The Kier molecular flexibility index (Phi) is 14.8. The number of ether oxygens (including phenoxy) is 2. The molecule has 224 valence electrons. The molecular formula is C33H47N2O5P. The molecule has 3 aromatic carbocycles. The third-order valence-electron chi connectivity index (χ3n) is 7.41. The zero-order chi connectivity index (χ0) is 29.3. The van der Waals surface area contributed by atoms with Crippen molar-refractivity contribution in [2.24, 2.45) is 0 Å². The largest absolute Gasteiger partial charge is 0.497 e. The van der Waals surface area contributed by atoms with Crippen LogP contribution in [0.4, 0.5) is 0 Å². The van der Waals surface area contributed by atoms with Crippen LogP contribution < -0.4 is 9.93 Å². The van der Waals surface area contributed by atoms with Gasteiger partial charge in [0.1, 0.15) is 5.75 Å². The van der Waals surface area contributed by atoms with Crippen LogP contribution in [0.2, 0.25) is 0 Å². The van der Waals surface area contributed by atoms with Gasteiger partial charge in [-0.1, -0.05) is 118 Å². The zero-order valence-corrected chi connectivity index (χ0v) is 25.6. The maximum atomic E-state index is 10.0. The summed E-state index contributed by atoms with van der Waals surface area (Å²) >= 11 is 0. The standard InChI is InChI=1S/C33H47N2O5P/c1-4-5-6-7-8-15-21-31(38-2)22-16-27-35(34-41(36)37)40-33(28-17-11-9-12-18-28,29-19-13-10-14-20-29)30-23-25-32(39-3)26-24-30/h9-14,17-20,23-26,31,34,36-37H,4-8,15-16,21-22,27H2,1-3H3. The van der Waals surface area contributed by atoms with Gasteiger partial charge in [0.15, 0.2) is 5.60 Å². The average molecular weight is 583 g/mol. The topological polar surface area (TPSA) is 83.4 Å². The minimum Gasteiger partial charge on any atom is -0.497 e. The number of hydrogen-bond acceptors (Lipinski definition) is 7. The van der Waals surface area contributed by atoms with Crippen LogP contribution in [0.5, 0.6) is 5.75 Å². The first kappa shape index (κ1) is 33.2. The Hall–Kier alpha value is -2.35. The van der Waals surface area contributed by atoms with Gasteiger partial charge >= 0.3 is 0 Å². The summed E-state index contributed by atoms with van der Waals surface area (Å²) in [4.78, 5) is 26.9. The Morgan fingerprint density at radius 2 is 1.27 bits per heavy atom. The predicted molar refractivity (Wildman–Crippen MR) is 166 cm³/mol. The van der Waals surface area contributed by atoms with E-state index in [0.717, 1.165) is 48.1 Å². The molecule has 0 heterocycles. The molecule has 0 spiro atoms. The van der Waals surface area contributed by atoms with Gasteiger partial charge in [-0.3, -0.25) is 4.84 Å². The van der Waals surface area contributed by atoms with Gasteiger partial charge in [-0.2, -0.15) is 5.20 Å². The van der Waals surface area contributed by atoms with Crippen LogP contribution in [-0.4, -0.2) is 41.8 Å². The van der Waals surface area contributed by atoms with Crippen LogP contribution in [0.15, 0.2) is 84.9 Å². The van der Waals surface area contributed by atoms with Crippen molar-refractivity contribution in [3.8, 4) is 5.75 Å². The summed E-state index contributed by atoms with van der Waals surface area (Å²) in [5, 5.41) is 4.23. The van der Waals surface area contributed by atoms with Crippen LogP contribution in [0, 0.1) is 0 Å². The van der Waals surface area contributed by atoms with Gasteiger partial charge in [0.05, 0.1) is 13.2 Å². The van der Waals surface area contributed by atoms with Crippen molar-refractivity contribution in [2.75, 3.05) is 20.8 Å². The smallest absolute Gasteiger partial charge is 0.266 e. The lowest BCUT2D eigenvalue weighted by molar-refractivity contribution is -0.240. The highest BCUT2D eigenvalue weighted by Gasteiger charge is 2.40. The summed E-state index contributed by atoms with van der Waals surface area (Å²) in [6.45, 7) is 2.66. The van der Waals surface area contributed by atoms with E-state index in [4.69, 9.17) is 14.3 Å². The van der Waals surface area contributed by atoms with Gasteiger partial charge in [-0.25, -0.2) is 0 Å². The zero-order valence-electron chi connectivity index (χ0n) is 24.7. The number of nitrogens with zero attached hydrogens (tertiary/aromatic N) is 1. The van der Waals surface area contributed by atoms with Crippen molar-refractivity contribution < 1.29 is 24.1 Å². The minimum atomic E-state index is -2.46. The van der Waals surface area contributed by atoms with Crippen molar-refractivity contribution in [3.63, 3.8) is 0 Å². The molecule has 0 aliphatic carbocycles.